The van der Waals surface area contributed by atoms with E-state index in [1.54, 1.807) is 0 Å². The molecule has 0 aromatic rings. The maximum Gasteiger partial charge on any atom is 0.798 e. The van der Waals surface area contributed by atoms with Crippen molar-refractivity contribution in [2.45, 2.75) is 0 Å². The highest BCUT2D eigenvalue weighted by Gasteiger charge is 1.97. The summed E-state index contributed by atoms with van der Waals surface area (Å²) in [5.41, 5.74) is 0. The Hall–Kier alpha value is 0.109. The summed E-state index contributed by atoms with van der Waals surface area (Å²) in [5, 5.41) is 7.13. The molecule has 6 heavy (non-hydrogen) atoms. The summed E-state index contributed by atoms with van der Waals surface area (Å²) in [6.45, 7) is 0. The average molecular weight is 124 g/mol. The van der Waals surface area contributed by atoms with Crippen LogP contribution in [-0.4, -0.2) is 36.6 Å². The molecule has 0 amide bonds. The van der Waals surface area contributed by atoms with E-state index < -0.39 is 9.17 Å². The summed E-state index contributed by atoms with van der Waals surface area (Å²) in [6.07, 6.45) is 0. The van der Waals surface area contributed by atoms with Crippen molar-refractivity contribution in [1.82, 2.24) is 0 Å². The van der Waals surface area contributed by atoms with E-state index in [0.29, 0.717) is 0 Å². The van der Waals surface area contributed by atoms with E-state index in [0.717, 1.165) is 0 Å². The predicted octanol–water partition coefficient (Wildman–Crippen LogP) is -2.30. The van der Waals surface area contributed by atoms with Crippen molar-refractivity contribution in [2.24, 2.45) is 0 Å². The summed E-state index contributed by atoms with van der Waals surface area (Å²) in [5.74, 6) is 0. The third-order valence-corrected chi connectivity index (χ3v) is 0.234. The van der Waals surface area contributed by atoms with Crippen LogP contribution in [-0.2, 0) is 9.04 Å². The van der Waals surface area contributed by atoms with Gasteiger partial charge in [-0.25, -0.2) is 5.26 Å². The third-order valence-electron chi connectivity index (χ3n) is 0.0781. The highest BCUT2D eigenvalue weighted by Crippen LogP contribution is 1.49. The van der Waals surface area contributed by atoms with Gasteiger partial charge in [0.25, 0.3) is 0 Å². The van der Waals surface area contributed by atoms with Crippen molar-refractivity contribution in [3.63, 3.8) is 0 Å². The molecule has 36 valence electrons. The lowest BCUT2D eigenvalue weighted by Crippen LogP contribution is -1.99. The van der Waals surface area contributed by atoms with Gasteiger partial charge in [0, 0.05) is 0 Å². The van der Waals surface area contributed by atoms with Gasteiger partial charge >= 0.3 is 9.17 Å². The number of hydrogen-bond donors (Lipinski definition) is 2. The molecule has 0 bridgehead atoms. The van der Waals surface area contributed by atoms with E-state index in [2.05, 4.69) is 4.58 Å². The van der Waals surface area contributed by atoms with E-state index in [-0.39, 0.29) is 17.4 Å². The van der Waals surface area contributed by atoms with Gasteiger partial charge in [0.05, 0.1) is 0 Å². The lowest BCUT2D eigenvalue weighted by atomic mass is 15.0. The summed E-state index contributed by atoms with van der Waals surface area (Å²) in [4.78, 5) is 7.44. The first-order chi connectivity index (χ1) is 2.27. The zero-order valence-corrected chi connectivity index (χ0v) is 3.21. The highest BCUT2D eigenvalue weighted by atomic mass is 28.3. The standard InChI is InChI=1S/Al.H2O4Si.3H/c;1-4-5(2)3;;;/h;1-2H;;;. The van der Waals surface area contributed by atoms with Gasteiger partial charge in [-0.2, -0.15) is 0 Å². The lowest BCUT2D eigenvalue weighted by Gasteiger charge is -1.73. The Morgan fingerprint density at radius 3 is 1.83 bits per heavy atom. The minimum Gasteiger partial charge on any atom is -0.510 e. The second-order valence-electron chi connectivity index (χ2n) is 0.357. The molecule has 0 heterocycles. The number of rotatable bonds is 1. The maximum atomic E-state index is 9.08. The Balaban J connectivity index is 0. The smallest absolute Gasteiger partial charge is 0.510 e. The van der Waals surface area contributed by atoms with E-state index >= 15 is 0 Å². The van der Waals surface area contributed by atoms with Crippen LogP contribution in [0.1, 0.15) is 0 Å². The van der Waals surface area contributed by atoms with Crippen molar-refractivity contribution in [3.8, 4) is 0 Å². The molecule has 0 radical (unpaired) electrons. The second-order valence-corrected chi connectivity index (χ2v) is 1.07. The fourth-order valence-corrected chi connectivity index (χ4v) is 0. The molecule has 0 saturated carbocycles. The SMILES string of the molecule is O=[Si](O)OO.[AlH3]. The molecule has 0 aromatic heterocycles. The summed E-state index contributed by atoms with van der Waals surface area (Å²) in [6, 6.07) is 0. The van der Waals surface area contributed by atoms with Crippen LogP contribution in [0.2, 0.25) is 0 Å². The molecule has 6 heteroatoms. The zero-order valence-electron chi connectivity index (χ0n) is 2.21. The molecule has 0 aromatic carbocycles. The molecule has 4 nitrogen and oxygen atoms in total. The van der Waals surface area contributed by atoms with Gasteiger partial charge in [-0.1, -0.05) is 0 Å². The van der Waals surface area contributed by atoms with Crippen molar-refractivity contribution < 1.29 is 19.1 Å². The summed E-state index contributed by atoms with van der Waals surface area (Å²) in [7, 11) is -3.07. The Morgan fingerprint density at radius 1 is 1.67 bits per heavy atom. The fraction of sp³-hybridized carbons (Fsp3) is 0. The van der Waals surface area contributed by atoms with Crippen LogP contribution in [0.15, 0.2) is 0 Å². The van der Waals surface area contributed by atoms with E-state index in [9.17, 15) is 0 Å². The largest absolute Gasteiger partial charge is 0.798 e. The Labute approximate surface area is 46.3 Å². The first-order valence-corrected chi connectivity index (χ1v) is 2.08. The van der Waals surface area contributed by atoms with Crippen molar-refractivity contribution in [1.29, 1.82) is 0 Å². The highest BCUT2D eigenvalue weighted by molar-refractivity contribution is 6.23. The molecule has 0 spiro atoms. The topological polar surface area (TPSA) is 66.8 Å². The van der Waals surface area contributed by atoms with Crippen LogP contribution in [0.25, 0.3) is 0 Å². The molecule has 0 aliphatic rings. The van der Waals surface area contributed by atoms with Gasteiger partial charge in [0.1, 0.15) is 0 Å². The van der Waals surface area contributed by atoms with Gasteiger partial charge in [-0.05, 0) is 0 Å². The predicted molar refractivity (Wildman–Crippen MR) is 22.3 cm³/mol. The molecule has 0 aliphatic carbocycles. The van der Waals surface area contributed by atoms with Gasteiger partial charge < -0.3 is 9.37 Å². The monoisotopic (exact) mass is 124 g/mol. The van der Waals surface area contributed by atoms with Crippen molar-refractivity contribution in [3.05, 3.63) is 0 Å². The van der Waals surface area contributed by atoms with Gasteiger partial charge in [0.15, 0.2) is 17.4 Å². The maximum absolute atomic E-state index is 9.08. The van der Waals surface area contributed by atoms with Gasteiger partial charge in [-0.15, -0.1) is 0 Å². The quantitative estimate of drug-likeness (QED) is 0.234. The second kappa shape index (κ2) is 5.11. The van der Waals surface area contributed by atoms with Crippen LogP contribution in [0, 0.1) is 0 Å². The van der Waals surface area contributed by atoms with Crippen molar-refractivity contribution >= 4 is 26.5 Å². The molecule has 0 rings (SSSR count). The molecular weight excluding hydrogens is 119 g/mol. The fourth-order valence-electron chi connectivity index (χ4n) is 0. The molecule has 0 aliphatic heterocycles. The first kappa shape index (κ1) is 9.44. The molecular formula is H5AlO4Si. The minimum atomic E-state index is -3.07. The van der Waals surface area contributed by atoms with Crippen LogP contribution < -0.4 is 0 Å². The van der Waals surface area contributed by atoms with E-state index in [1.807, 2.05) is 0 Å². The minimum absolute atomic E-state index is 0. The van der Waals surface area contributed by atoms with Crippen LogP contribution in [0.5, 0.6) is 0 Å². The van der Waals surface area contributed by atoms with Crippen LogP contribution in [0.4, 0.5) is 0 Å². The molecule has 0 atom stereocenters. The zero-order chi connectivity index (χ0) is 4.28. The Morgan fingerprint density at radius 2 is 1.83 bits per heavy atom. The van der Waals surface area contributed by atoms with Gasteiger partial charge in [0.2, 0.25) is 0 Å². The van der Waals surface area contributed by atoms with Crippen molar-refractivity contribution in [2.75, 3.05) is 0 Å². The average Bonchev–Trinajstić information content (AvgIpc) is 1.38. The molecule has 0 saturated heterocycles. The number of hydrogen-bond acceptors (Lipinski definition) is 3. The first-order valence-electron chi connectivity index (χ1n) is 0.814. The van der Waals surface area contributed by atoms with Gasteiger partial charge in [-0.3, -0.25) is 4.46 Å². The Kier molecular flexibility index (Phi) is 8.04. The summed E-state index contributed by atoms with van der Waals surface area (Å²) < 4.78 is 11.9. The van der Waals surface area contributed by atoms with E-state index in [1.165, 1.54) is 0 Å². The molecule has 0 unspecified atom stereocenters. The molecule has 0 fully saturated rings. The normalized spacial score (nSPS) is 5.50. The van der Waals surface area contributed by atoms with Crippen LogP contribution in [0.3, 0.4) is 0 Å². The van der Waals surface area contributed by atoms with E-state index in [4.69, 9.17) is 14.5 Å². The van der Waals surface area contributed by atoms with Crippen LogP contribution >= 0.6 is 0 Å². The summed E-state index contributed by atoms with van der Waals surface area (Å²) >= 11 is 0. The molecule has 2 N–H and O–H groups in total. The third kappa shape index (κ3) is 8.93. The lowest BCUT2D eigenvalue weighted by molar-refractivity contribution is -0.161. The Bertz CT molecular complexity index is 42.8.